The van der Waals surface area contributed by atoms with Crippen LogP contribution in [0, 0.1) is 6.92 Å². The molecule has 15 heavy (non-hydrogen) atoms. The zero-order valence-electron chi connectivity index (χ0n) is 9.06. The lowest BCUT2D eigenvalue weighted by Crippen LogP contribution is -2.01. The van der Waals surface area contributed by atoms with Crippen LogP contribution < -0.4 is 0 Å². The summed E-state index contributed by atoms with van der Waals surface area (Å²) in [5, 5.41) is 0. The quantitative estimate of drug-likeness (QED) is 0.708. The van der Waals surface area contributed by atoms with Crippen LogP contribution in [0.25, 0.3) is 6.08 Å². The van der Waals surface area contributed by atoms with Gasteiger partial charge < -0.3 is 4.74 Å². The van der Waals surface area contributed by atoms with Crippen molar-refractivity contribution in [3.05, 3.63) is 35.7 Å². The molecule has 0 radical (unpaired) electrons. The summed E-state index contributed by atoms with van der Waals surface area (Å²) in [6, 6.07) is 3.86. The van der Waals surface area contributed by atoms with Crippen molar-refractivity contribution in [2.24, 2.45) is 0 Å². The van der Waals surface area contributed by atoms with E-state index in [1.807, 2.05) is 25.1 Å². The Kier molecular flexibility index (Phi) is 4.54. The van der Waals surface area contributed by atoms with Crippen LogP contribution in [0.15, 0.2) is 24.4 Å². The first-order chi connectivity index (χ1) is 7.22. The molecule has 0 atom stereocenters. The van der Waals surface area contributed by atoms with E-state index >= 15 is 0 Å². The van der Waals surface area contributed by atoms with Crippen LogP contribution in [0.3, 0.4) is 0 Å². The summed E-state index contributed by atoms with van der Waals surface area (Å²) in [6.45, 7) is 4.16. The Labute approximate surface area is 89.8 Å². The van der Waals surface area contributed by atoms with Crippen LogP contribution in [-0.2, 0) is 9.53 Å². The largest absolute Gasteiger partial charge is 0.466 e. The number of hydrogen-bond acceptors (Lipinski definition) is 3. The van der Waals surface area contributed by atoms with Crippen molar-refractivity contribution in [1.82, 2.24) is 4.98 Å². The van der Waals surface area contributed by atoms with Gasteiger partial charge in [-0.05, 0) is 31.5 Å². The van der Waals surface area contributed by atoms with Crippen LogP contribution in [0.2, 0.25) is 0 Å². The summed E-state index contributed by atoms with van der Waals surface area (Å²) in [4.78, 5) is 15.1. The molecule has 0 N–H and O–H groups in total. The molecule has 1 rings (SSSR count). The minimum atomic E-state index is -0.195. The van der Waals surface area contributed by atoms with Gasteiger partial charge in [0.1, 0.15) is 0 Å². The van der Waals surface area contributed by atoms with Gasteiger partial charge >= 0.3 is 5.97 Å². The highest BCUT2D eigenvalue weighted by atomic mass is 16.5. The minimum Gasteiger partial charge on any atom is -0.466 e. The Morgan fingerprint density at radius 2 is 2.40 bits per heavy atom. The minimum absolute atomic E-state index is 0.195. The number of aromatic nitrogens is 1. The fraction of sp³-hybridized carbons (Fsp3) is 0.333. The Morgan fingerprint density at radius 1 is 1.60 bits per heavy atom. The van der Waals surface area contributed by atoms with Gasteiger partial charge in [-0.25, -0.2) is 0 Å². The summed E-state index contributed by atoms with van der Waals surface area (Å²) < 4.78 is 4.80. The number of carbonyl (C=O) groups is 1. The second kappa shape index (κ2) is 5.96. The van der Waals surface area contributed by atoms with Crippen LogP contribution in [0.1, 0.15) is 24.6 Å². The SMILES string of the molecule is CCOC(=O)CC=Cc1ccnc(C)c1. The van der Waals surface area contributed by atoms with Gasteiger partial charge in [0.25, 0.3) is 0 Å². The van der Waals surface area contributed by atoms with E-state index in [1.54, 1.807) is 19.2 Å². The van der Waals surface area contributed by atoms with Gasteiger partial charge in [-0.1, -0.05) is 12.2 Å². The van der Waals surface area contributed by atoms with Crippen molar-refractivity contribution >= 4 is 12.0 Å². The van der Waals surface area contributed by atoms with E-state index in [1.165, 1.54) is 0 Å². The summed E-state index contributed by atoms with van der Waals surface area (Å²) in [7, 11) is 0. The van der Waals surface area contributed by atoms with E-state index in [4.69, 9.17) is 4.74 Å². The second-order valence-electron chi connectivity index (χ2n) is 3.14. The molecule has 0 saturated heterocycles. The Bertz CT molecular complexity index is 358. The lowest BCUT2D eigenvalue weighted by atomic mass is 10.2. The van der Waals surface area contributed by atoms with Crippen LogP contribution in [0.5, 0.6) is 0 Å². The van der Waals surface area contributed by atoms with Gasteiger partial charge in [0.05, 0.1) is 13.0 Å². The number of ether oxygens (including phenoxy) is 1. The molecule has 0 bridgehead atoms. The highest BCUT2D eigenvalue weighted by Gasteiger charge is 1.96. The molecule has 0 aliphatic heterocycles. The molecule has 0 fully saturated rings. The number of esters is 1. The van der Waals surface area contributed by atoms with E-state index in [0.29, 0.717) is 13.0 Å². The zero-order valence-corrected chi connectivity index (χ0v) is 9.06. The number of carbonyl (C=O) groups excluding carboxylic acids is 1. The maximum absolute atomic E-state index is 11.0. The summed E-state index contributed by atoms with van der Waals surface area (Å²) in [6.07, 6.45) is 5.76. The normalized spacial score (nSPS) is 10.5. The smallest absolute Gasteiger partial charge is 0.309 e. The third-order valence-electron chi connectivity index (χ3n) is 1.82. The molecule has 3 heteroatoms. The average molecular weight is 205 g/mol. The molecule has 3 nitrogen and oxygen atoms in total. The maximum Gasteiger partial charge on any atom is 0.309 e. The Morgan fingerprint density at radius 3 is 3.07 bits per heavy atom. The molecule has 0 unspecified atom stereocenters. The molecule has 0 spiro atoms. The molecule has 1 aromatic rings. The van der Waals surface area contributed by atoms with E-state index in [0.717, 1.165) is 11.3 Å². The Balaban J connectivity index is 2.48. The van der Waals surface area contributed by atoms with Gasteiger partial charge in [-0.3, -0.25) is 9.78 Å². The van der Waals surface area contributed by atoms with Crippen molar-refractivity contribution in [2.45, 2.75) is 20.3 Å². The predicted octanol–water partition coefficient (Wildman–Crippen LogP) is 2.36. The van der Waals surface area contributed by atoms with Crippen molar-refractivity contribution in [1.29, 1.82) is 0 Å². The molecule has 0 amide bonds. The molecule has 1 aromatic heterocycles. The molecule has 80 valence electrons. The fourth-order valence-corrected chi connectivity index (χ4v) is 1.18. The van der Waals surface area contributed by atoms with Gasteiger partial charge in [0.2, 0.25) is 0 Å². The first kappa shape index (κ1) is 11.4. The maximum atomic E-state index is 11.0. The first-order valence-corrected chi connectivity index (χ1v) is 4.97. The van der Waals surface area contributed by atoms with Gasteiger partial charge in [-0.15, -0.1) is 0 Å². The van der Waals surface area contributed by atoms with E-state index < -0.39 is 0 Å². The monoisotopic (exact) mass is 205 g/mol. The van der Waals surface area contributed by atoms with Crippen molar-refractivity contribution in [3.63, 3.8) is 0 Å². The number of aryl methyl sites for hydroxylation is 1. The lowest BCUT2D eigenvalue weighted by molar-refractivity contribution is -0.142. The summed E-state index contributed by atoms with van der Waals surface area (Å²) in [5.74, 6) is -0.195. The Hall–Kier alpha value is -1.64. The van der Waals surface area contributed by atoms with Crippen molar-refractivity contribution < 1.29 is 9.53 Å². The summed E-state index contributed by atoms with van der Waals surface area (Å²) >= 11 is 0. The molecule has 0 aliphatic rings. The number of nitrogens with zero attached hydrogens (tertiary/aromatic N) is 1. The highest BCUT2D eigenvalue weighted by molar-refractivity contribution is 5.72. The summed E-state index contributed by atoms with van der Waals surface area (Å²) in [5.41, 5.74) is 2.01. The highest BCUT2D eigenvalue weighted by Crippen LogP contribution is 2.03. The molecule has 1 heterocycles. The van der Waals surface area contributed by atoms with Crippen molar-refractivity contribution in [3.8, 4) is 0 Å². The predicted molar refractivity (Wildman–Crippen MR) is 59.3 cm³/mol. The topological polar surface area (TPSA) is 39.2 Å². The van der Waals surface area contributed by atoms with Gasteiger partial charge in [0.15, 0.2) is 0 Å². The lowest BCUT2D eigenvalue weighted by Gasteiger charge is -1.97. The van der Waals surface area contributed by atoms with E-state index in [9.17, 15) is 4.79 Å². The first-order valence-electron chi connectivity index (χ1n) is 4.97. The molecular weight excluding hydrogens is 190 g/mol. The van der Waals surface area contributed by atoms with E-state index in [2.05, 4.69) is 4.98 Å². The average Bonchev–Trinajstić information content (AvgIpc) is 2.18. The number of rotatable bonds is 4. The molecule has 0 aliphatic carbocycles. The number of pyridine rings is 1. The zero-order chi connectivity index (χ0) is 11.1. The molecule has 0 aromatic carbocycles. The number of hydrogen-bond donors (Lipinski definition) is 0. The second-order valence-corrected chi connectivity index (χ2v) is 3.14. The standard InChI is InChI=1S/C12H15NO2/c1-3-15-12(14)6-4-5-11-7-8-13-10(2)9-11/h4-5,7-9H,3,6H2,1-2H3. The fourth-order valence-electron chi connectivity index (χ4n) is 1.18. The molecular formula is C12H15NO2. The van der Waals surface area contributed by atoms with Crippen LogP contribution in [0.4, 0.5) is 0 Å². The molecule has 0 saturated carbocycles. The van der Waals surface area contributed by atoms with Crippen LogP contribution >= 0.6 is 0 Å². The third-order valence-corrected chi connectivity index (χ3v) is 1.82. The van der Waals surface area contributed by atoms with Gasteiger partial charge in [0, 0.05) is 11.9 Å². The van der Waals surface area contributed by atoms with Crippen LogP contribution in [-0.4, -0.2) is 17.6 Å². The van der Waals surface area contributed by atoms with E-state index in [-0.39, 0.29) is 5.97 Å². The third kappa shape index (κ3) is 4.40. The van der Waals surface area contributed by atoms with Crippen molar-refractivity contribution in [2.75, 3.05) is 6.61 Å². The van der Waals surface area contributed by atoms with Gasteiger partial charge in [-0.2, -0.15) is 0 Å².